The number of amides is 3. The summed E-state index contributed by atoms with van der Waals surface area (Å²) in [5.41, 5.74) is 1.08. The molecule has 1 aliphatic rings. The van der Waals surface area contributed by atoms with Gasteiger partial charge in [-0.1, -0.05) is 51.1 Å². The molecule has 1 aromatic heterocycles. The summed E-state index contributed by atoms with van der Waals surface area (Å²) in [6.45, 7) is 9.21. The summed E-state index contributed by atoms with van der Waals surface area (Å²) in [7, 11) is 3.56. The van der Waals surface area contributed by atoms with Crippen LogP contribution in [0.15, 0.2) is 42.9 Å². The Labute approximate surface area is 220 Å². The van der Waals surface area contributed by atoms with Crippen LogP contribution in [0.1, 0.15) is 56.6 Å². The standard InChI is InChI=1S/C28H42N6O3/c1-20(29-5)25(35)31-24(28(2,3)4)27(37)34-15-10-13-22(34)17-33(16-14-21-11-8-7-9-12-21)26(36)23-18-32(6)19-30-23/h7-9,11-12,18-20,22,24,29H,10,13-17H2,1-6H3,(H,31,35)/t20-,22-,24+/m0/s1. The van der Waals surface area contributed by atoms with Crippen molar-refractivity contribution in [2.24, 2.45) is 12.5 Å². The van der Waals surface area contributed by atoms with Crippen LogP contribution in [0.4, 0.5) is 0 Å². The maximum atomic E-state index is 13.8. The zero-order chi connectivity index (χ0) is 27.2. The van der Waals surface area contributed by atoms with Gasteiger partial charge >= 0.3 is 0 Å². The number of rotatable bonds is 10. The van der Waals surface area contributed by atoms with Crippen LogP contribution in [0.2, 0.25) is 0 Å². The highest BCUT2D eigenvalue weighted by molar-refractivity contribution is 5.92. The van der Waals surface area contributed by atoms with E-state index in [0.29, 0.717) is 31.7 Å². The molecule has 2 heterocycles. The Bertz CT molecular complexity index is 1060. The molecule has 3 atom stereocenters. The molecule has 0 saturated carbocycles. The average Bonchev–Trinajstić information content (AvgIpc) is 3.52. The first kappa shape index (κ1) is 28.4. The van der Waals surface area contributed by atoms with Crippen LogP contribution in [0.5, 0.6) is 0 Å². The molecule has 1 aliphatic heterocycles. The molecule has 202 valence electrons. The minimum Gasteiger partial charge on any atom is -0.342 e. The fraction of sp³-hybridized carbons (Fsp3) is 0.571. The first-order valence-electron chi connectivity index (χ1n) is 13.1. The van der Waals surface area contributed by atoms with Crippen LogP contribution >= 0.6 is 0 Å². The molecular weight excluding hydrogens is 468 g/mol. The first-order chi connectivity index (χ1) is 17.5. The fourth-order valence-corrected chi connectivity index (χ4v) is 4.65. The van der Waals surface area contributed by atoms with E-state index in [1.54, 1.807) is 31.1 Å². The van der Waals surface area contributed by atoms with E-state index in [1.165, 1.54) is 0 Å². The zero-order valence-corrected chi connectivity index (χ0v) is 23.0. The molecule has 2 N–H and O–H groups in total. The third-order valence-electron chi connectivity index (χ3n) is 7.04. The van der Waals surface area contributed by atoms with E-state index in [-0.39, 0.29) is 23.8 Å². The molecule has 2 aromatic rings. The van der Waals surface area contributed by atoms with Crippen LogP contribution in [0, 0.1) is 5.41 Å². The third kappa shape index (κ3) is 7.41. The lowest BCUT2D eigenvalue weighted by molar-refractivity contribution is -0.140. The molecule has 9 nitrogen and oxygen atoms in total. The van der Waals surface area contributed by atoms with Crippen LogP contribution in [0.25, 0.3) is 0 Å². The van der Waals surface area contributed by atoms with Crippen LogP contribution < -0.4 is 10.6 Å². The molecule has 9 heteroatoms. The van der Waals surface area contributed by atoms with Gasteiger partial charge in [0.2, 0.25) is 11.8 Å². The number of imidazole rings is 1. The van der Waals surface area contributed by atoms with Gasteiger partial charge in [0, 0.05) is 38.9 Å². The molecule has 0 aliphatic carbocycles. The number of carbonyl (C=O) groups is 3. The minimum atomic E-state index is -0.666. The van der Waals surface area contributed by atoms with Crippen molar-refractivity contribution in [2.75, 3.05) is 26.7 Å². The summed E-state index contributed by atoms with van der Waals surface area (Å²) in [5.74, 6) is -0.444. The van der Waals surface area contributed by atoms with E-state index in [1.807, 2.05) is 55.8 Å². The van der Waals surface area contributed by atoms with Gasteiger partial charge < -0.3 is 25.0 Å². The van der Waals surface area contributed by atoms with Gasteiger partial charge in [-0.3, -0.25) is 14.4 Å². The Hall–Kier alpha value is -3.20. The van der Waals surface area contributed by atoms with E-state index in [9.17, 15) is 14.4 Å². The Morgan fingerprint density at radius 3 is 2.49 bits per heavy atom. The predicted molar refractivity (Wildman–Crippen MR) is 144 cm³/mol. The molecule has 0 radical (unpaired) electrons. The number of hydrogen-bond acceptors (Lipinski definition) is 5. The van der Waals surface area contributed by atoms with Crippen molar-refractivity contribution in [1.29, 1.82) is 0 Å². The first-order valence-corrected chi connectivity index (χ1v) is 13.1. The molecular formula is C28H42N6O3. The second-order valence-electron chi connectivity index (χ2n) is 11.1. The molecule has 0 spiro atoms. The Morgan fingerprint density at radius 1 is 1.19 bits per heavy atom. The molecule has 0 unspecified atom stereocenters. The minimum absolute atomic E-state index is 0.0973. The van der Waals surface area contributed by atoms with E-state index in [2.05, 4.69) is 27.8 Å². The predicted octanol–water partition coefficient (Wildman–Crippen LogP) is 2.23. The highest BCUT2D eigenvalue weighted by Crippen LogP contribution is 2.26. The van der Waals surface area contributed by atoms with Crippen molar-refractivity contribution >= 4 is 17.7 Å². The van der Waals surface area contributed by atoms with Gasteiger partial charge in [0.1, 0.15) is 11.7 Å². The summed E-state index contributed by atoms with van der Waals surface area (Å²) in [6, 6.07) is 8.87. The van der Waals surface area contributed by atoms with Gasteiger partial charge in [-0.25, -0.2) is 4.98 Å². The number of likely N-dealkylation sites (N-methyl/N-ethyl adjacent to an activating group) is 1. The second kappa shape index (κ2) is 12.4. The van der Waals surface area contributed by atoms with Crippen molar-refractivity contribution in [3.8, 4) is 0 Å². The van der Waals surface area contributed by atoms with E-state index in [4.69, 9.17) is 0 Å². The number of hydrogen-bond donors (Lipinski definition) is 2. The highest BCUT2D eigenvalue weighted by atomic mass is 16.2. The fourth-order valence-electron chi connectivity index (χ4n) is 4.65. The molecule has 1 saturated heterocycles. The topological polar surface area (TPSA) is 99.6 Å². The van der Waals surface area contributed by atoms with Crippen LogP contribution in [-0.2, 0) is 23.1 Å². The quantitative estimate of drug-likeness (QED) is 0.511. The van der Waals surface area contributed by atoms with Crippen molar-refractivity contribution in [3.63, 3.8) is 0 Å². The number of aryl methyl sites for hydroxylation is 1. The summed E-state index contributed by atoms with van der Waals surface area (Å²) in [5, 5.41) is 5.90. The molecule has 3 amide bonds. The normalized spacial score (nSPS) is 17.4. The van der Waals surface area contributed by atoms with Gasteiger partial charge in [0.05, 0.1) is 12.4 Å². The molecule has 1 aromatic carbocycles. The highest BCUT2D eigenvalue weighted by Gasteiger charge is 2.40. The van der Waals surface area contributed by atoms with E-state index in [0.717, 1.165) is 18.4 Å². The summed E-state index contributed by atoms with van der Waals surface area (Å²) in [6.07, 6.45) is 5.72. The number of benzene rings is 1. The van der Waals surface area contributed by atoms with Gasteiger partial charge in [-0.15, -0.1) is 0 Å². The number of nitrogens with one attached hydrogen (secondary N) is 2. The van der Waals surface area contributed by atoms with Crippen molar-refractivity contribution in [1.82, 2.24) is 30.0 Å². The summed E-state index contributed by atoms with van der Waals surface area (Å²) < 4.78 is 1.76. The monoisotopic (exact) mass is 510 g/mol. The number of carbonyl (C=O) groups excluding carboxylic acids is 3. The SMILES string of the molecule is CN[C@@H](C)C(=O)N[C@H](C(=O)N1CCC[C@H]1CN(CCc1ccccc1)C(=O)c1cn(C)cn1)C(C)(C)C. The van der Waals surface area contributed by atoms with Crippen molar-refractivity contribution in [2.45, 2.75) is 65.1 Å². The van der Waals surface area contributed by atoms with Crippen molar-refractivity contribution in [3.05, 3.63) is 54.1 Å². The number of nitrogens with zero attached hydrogens (tertiary/aromatic N) is 4. The smallest absolute Gasteiger partial charge is 0.274 e. The second-order valence-corrected chi connectivity index (χ2v) is 11.1. The average molecular weight is 511 g/mol. The molecule has 1 fully saturated rings. The molecule has 0 bridgehead atoms. The van der Waals surface area contributed by atoms with E-state index >= 15 is 0 Å². The number of likely N-dealkylation sites (tertiary alicyclic amines) is 1. The summed E-state index contributed by atoms with van der Waals surface area (Å²) in [4.78, 5) is 47.9. The van der Waals surface area contributed by atoms with Gasteiger partial charge in [-0.2, -0.15) is 0 Å². The molecule has 3 rings (SSSR count). The zero-order valence-electron chi connectivity index (χ0n) is 23.0. The molecule has 37 heavy (non-hydrogen) atoms. The Kier molecular flexibility index (Phi) is 9.48. The van der Waals surface area contributed by atoms with Gasteiger partial charge in [0.25, 0.3) is 5.91 Å². The summed E-state index contributed by atoms with van der Waals surface area (Å²) >= 11 is 0. The van der Waals surface area contributed by atoms with Gasteiger partial charge in [-0.05, 0) is 44.2 Å². The van der Waals surface area contributed by atoms with E-state index < -0.39 is 17.5 Å². The Morgan fingerprint density at radius 2 is 1.89 bits per heavy atom. The largest absolute Gasteiger partial charge is 0.342 e. The maximum absolute atomic E-state index is 13.8. The lowest BCUT2D eigenvalue weighted by Crippen LogP contribution is -2.59. The lowest BCUT2D eigenvalue weighted by Gasteiger charge is -2.37. The Balaban J connectivity index is 1.79. The van der Waals surface area contributed by atoms with Crippen LogP contribution in [-0.4, -0.2) is 81.9 Å². The lowest BCUT2D eigenvalue weighted by atomic mass is 9.85. The van der Waals surface area contributed by atoms with Crippen molar-refractivity contribution < 1.29 is 14.4 Å². The van der Waals surface area contributed by atoms with Gasteiger partial charge in [0.15, 0.2) is 0 Å². The third-order valence-corrected chi connectivity index (χ3v) is 7.04. The number of aromatic nitrogens is 2. The maximum Gasteiger partial charge on any atom is 0.274 e. The van der Waals surface area contributed by atoms with Crippen LogP contribution in [0.3, 0.4) is 0 Å².